The zero-order valence-corrected chi connectivity index (χ0v) is 10.8. The van der Waals surface area contributed by atoms with Crippen LogP contribution in [0.3, 0.4) is 0 Å². The number of nitrogens with one attached hydrogen (secondary N) is 1. The van der Waals surface area contributed by atoms with Crippen molar-refractivity contribution < 1.29 is 0 Å². The van der Waals surface area contributed by atoms with Crippen LogP contribution in [0.2, 0.25) is 0 Å². The van der Waals surface area contributed by atoms with Crippen LogP contribution >= 0.6 is 0 Å². The molecule has 0 fully saturated rings. The Balaban J connectivity index is 2.43. The number of H-pyrrole nitrogens is 1. The van der Waals surface area contributed by atoms with Crippen LogP contribution in [0.25, 0.3) is 11.4 Å². The molecule has 1 N–H and O–H groups in total. The fourth-order valence-electron chi connectivity index (χ4n) is 2.02. The van der Waals surface area contributed by atoms with Crippen molar-refractivity contribution in [2.24, 2.45) is 0 Å². The molecule has 1 heterocycles. The maximum atomic E-state index is 9.06. The number of hydrogen-bond donors (Lipinski definition) is 1. The van der Waals surface area contributed by atoms with E-state index >= 15 is 0 Å². The van der Waals surface area contributed by atoms with Crippen LogP contribution < -0.4 is 0 Å². The highest BCUT2D eigenvalue weighted by Gasteiger charge is 2.16. The molecule has 0 aliphatic heterocycles. The first-order valence-electron chi connectivity index (χ1n) is 6.30. The van der Waals surface area contributed by atoms with Crippen molar-refractivity contribution in [3.8, 4) is 17.5 Å². The molecule has 0 bridgehead atoms. The lowest BCUT2D eigenvalue weighted by molar-refractivity contribution is 0.841. The summed E-state index contributed by atoms with van der Waals surface area (Å²) < 4.78 is 0. The van der Waals surface area contributed by atoms with Gasteiger partial charge in [-0.2, -0.15) is 5.26 Å². The van der Waals surface area contributed by atoms with Gasteiger partial charge in [0.15, 0.2) is 0 Å². The number of nitriles is 1. The number of hydrogen-bond acceptors (Lipinski definition) is 2. The maximum Gasteiger partial charge on any atom is 0.137 e. The van der Waals surface area contributed by atoms with E-state index in [1.807, 2.05) is 37.3 Å². The molecule has 1 unspecified atom stereocenters. The van der Waals surface area contributed by atoms with Crippen LogP contribution in [0.4, 0.5) is 0 Å². The summed E-state index contributed by atoms with van der Waals surface area (Å²) >= 11 is 0. The largest absolute Gasteiger partial charge is 0.342 e. The second-order valence-corrected chi connectivity index (χ2v) is 4.42. The molecular weight excluding hydrogens is 222 g/mol. The highest BCUT2D eigenvalue weighted by atomic mass is 14.9. The van der Waals surface area contributed by atoms with Crippen molar-refractivity contribution >= 4 is 0 Å². The standard InChI is InChI=1S/C15H17N3/c1-3-7-13-14(11(2)10-16)18-15(17-13)12-8-5-4-6-9-12/h4-6,8-9,11H,3,7H2,1-2H3,(H,17,18). The van der Waals surface area contributed by atoms with E-state index in [-0.39, 0.29) is 5.92 Å². The Morgan fingerprint density at radius 2 is 2.06 bits per heavy atom. The summed E-state index contributed by atoms with van der Waals surface area (Å²) in [7, 11) is 0. The summed E-state index contributed by atoms with van der Waals surface area (Å²) in [6.45, 7) is 4.02. The monoisotopic (exact) mass is 239 g/mol. The average Bonchev–Trinajstić information content (AvgIpc) is 2.83. The molecule has 3 heteroatoms. The van der Waals surface area contributed by atoms with Gasteiger partial charge < -0.3 is 4.98 Å². The third kappa shape index (κ3) is 2.43. The third-order valence-corrected chi connectivity index (χ3v) is 2.96. The van der Waals surface area contributed by atoms with Crippen LogP contribution in [-0.2, 0) is 6.42 Å². The molecule has 3 nitrogen and oxygen atoms in total. The lowest BCUT2D eigenvalue weighted by Crippen LogP contribution is -1.96. The predicted molar refractivity (Wildman–Crippen MR) is 72.0 cm³/mol. The van der Waals surface area contributed by atoms with Gasteiger partial charge in [-0.05, 0) is 13.3 Å². The normalized spacial score (nSPS) is 12.1. The average molecular weight is 239 g/mol. The van der Waals surface area contributed by atoms with Crippen molar-refractivity contribution in [2.45, 2.75) is 32.6 Å². The van der Waals surface area contributed by atoms with Crippen LogP contribution in [0.15, 0.2) is 30.3 Å². The maximum absolute atomic E-state index is 9.06. The van der Waals surface area contributed by atoms with Gasteiger partial charge in [0.2, 0.25) is 0 Å². The number of rotatable bonds is 4. The summed E-state index contributed by atoms with van der Waals surface area (Å²) in [6.07, 6.45) is 1.97. The number of imidazole rings is 1. The lowest BCUT2D eigenvalue weighted by Gasteiger charge is -2.00. The second-order valence-electron chi connectivity index (χ2n) is 4.42. The van der Waals surface area contributed by atoms with E-state index in [1.165, 1.54) is 0 Å². The van der Waals surface area contributed by atoms with Gasteiger partial charge in [0, 0.05) is 11.3 Å². The predicted octanol–water partition coefficient (Wildman–Crippen LogP) is 3.66. The van der Waals surface area contributed by atoms with E-state index in [0.29, 0.717) is 0 Å². The summed E-state index contributed by atoms with van der Waals surface area (Å²) in [5.41, 5.74) is 3.04. The molecule has 2 rings (SSSR count). The van der Waals surface area contributed by atoms with Crippen molar-refractivity contribution in [1.82, 2.24) is 9.97 Å². The molecule has 1 atom stereocenters. The summed E-state index contributed by atoms with van der Waals surface area (Å²) in [4.78, 5) is 7.94. The van der Waals surface area contributed by atoms with E-state index in [4.69, 9.17) is 5.26 Å². The molecule has 0 amide bonds. The Bertz CT molecular complexity index is 549. The number of aromatic amines is 1. The molecule has 0 radical (unpaired) electrons. The molecule has 2 aromatic rings. The van der Waals surface area contributed by atoms with E-state index in [0.717, 1.165) is 35.6 Å². The third-order valence-electron chi connectivity index (χ3n) is 2.96. The Morgan fingerprint density at radius 3 is 2.67 bits per heavy atom. The number of nitrogens with zero attached hydrogens (tertiary/aromatic N) is 2. The zero-order valence-electron chi connectivity index (χ0n) is 10.8. The first-order valence-corrected chi connectivity index (χ1v) is 6.30. The summed E-state index contributed by atoms with van der Waals surface area (Å²) in [6, 6.07) is 12.3. The minimum absolute atomic E-state index is 0.166. The van der Waals surface area contributed by atoms with E-state index in [2.05, 4.69) is 23.0 Å². The number of aromatic nitrogens is 2. The highest BCUT2D eigenvalue weighted by molar-refractivity contribution is 5.56. The van der Waals surface area contributed by atoms with Gasteiger partial charge in [0.25, 0.3) is 0 Å². The lowest BCUT2D eigenvalue weighted by atomic mass is 10.1. The summed E-state index contributed by atoms with van der Waals surface area (Å²) in [5.74, 6) is 0.691. The van der Waals surface area contributed by atoms with Crippen molar-refractivity contribution in [3.05, 3.63) is 41.7 Å². The van der Waals surface area contributed by atoms with E-state index < -0.39 is 0 Å². The van der Waals surface area contributed by atoms with Gasteiger partial charge in [0.05, 0.1) is 17.7 Å². The fourth-order valence-corrected chi connectivity index (χ4v) is 2.02. The molecule has 1 aromatic heterocycles. The van der Waals surface area contributed by atoms with Gasteiger partial charge >= 0.3 is 0 Å². The van der Waals surface area contributed by atoms with E-state index in [1.54, 1.807) is 0 Å². The van der Waals surface area contributed by atoms with E-state index in [9.17, 15) is 0 Å². The first kappa shape index (κ1) is 12.4. The van der Waals surface area contributed by atoms with Crippen molar-refractivity contribution in [3.63, 3.8) is 0 Å². The number of aryl methyl sites for hydroxylation is 1. The Labute approximate surface area is 107 Å². The number of benzene rings is 1. The van der Waals surface area contributed by atoms with Gasteiger partial charge in [-0.1, -0.05) is 43.7 Å². The molecule has 0 spiro atoms. The van der Waals surface area contributed by atoms with Crippen LogP contribution in [-0.4, -0.2) is 9.97 Å². The second kappa shape index (κ2) is 5.50. The Kier molecular flexibility index (Phi) is 3.78. The van der Waals surface area contributed by atoms with Crippen LogP contribution in [0.1, 0.15) is 37.6 Å². The van der Waals surface area contributed by atoms with Crippen LogP contribution in [0.5, 0.6) is 0 Å². The SMILES string of the molecule is CCCc1[nH]c(-c2ccccc2)nc1C(C)C#N. The quantitative estimate of drug-likeness (QED) is 0.885. The van der Waals surface area contributed by atoms with Gasteiger partial charge in [0.1, 0.15) is 5.82 Å². The van der Waals surface area contributed by atoms with Gasteiger partial charge in [-0.3, -0.25) is 0 Å². The molecule has 0 aliphatic carbocycles. The zero-order chi connectivity index (χ0) is 13.0. The molecular formula is C15H17N3. The van der Waals surface area contributed by atoms with Crippen LogP contribution in [0, 0.1) is 11.3 Å². The van der Waals surface area contributed by atoms with Gasteiger partial charge in [-0.15, -0.1) is 0 Å². The molecule has 0 saturated carbocycles. The van der Waals surface area contributed by atoms with Crippen molar-refractivity contribution in [1.29, 1.82) is 5.26 Å². The summed E-state index contributed by atoms with van der Waals surface area (Å²) in [5, 5.41) is 9.06. The molecule has 92 valence electrons. The highest BCUT2D eigenvalue weighted by Crippen LogP contribution is 2.23. The minimum atomic E-state index is -0.166. The smallest absolute Gasteiger partial charge is 0.137 e. The molecule has 0 aliphatic rings. The molecule has 1 aromatic carbocycles. The Hall–Kier alpha value is -2.08. The molecule has 18 heavy (non-hydrogen) atoms. The Morgan fingerprint density at radius 1 is 1.33 bits per heavy atom. The minimum Gasteiger partial charge on any atom is -0.342 e. The fraction of sp³-hybridized carbons (Fsp3) is 0.333. The molecule has 0 saturated heterocycles. The van der Waals surface area contributed by atoms with Gasteiger partial charge in [-0.25, -0.2) is 4.98 Å². The van der Waals surface area contributed by atoms with Crippen molar-refractivity contribution in [2.75, 3.05) is 0 Å². The topological polar surface area (TPSA) is 52.5 Å². The first-order chi connectivity index (χ1) is 8.76.